The molecule has 1 atom stereocenters. The van der Waals surface area contributed by atoms with Gasteiger partial charge in [0.2, 0.25) is 0 Å². The first-order chi connectivity index (χ1) is 7.03. The Morgan fingerprint density at radius 1 is 1.60 bits per heavy atom. The van der Waals surface area contributed by atoms with Crippen molar-refractivity contribution in [1.82, 2.24) is 9.78 Å². The fraction of sp³-hybridized carbons (Fsp3) is 0.700. The highest BCUT2D eigenvalue weighted by molar-refractivity contribution is 4.81. The highest BCUT2D eigenvalue weighted by Crippen LogP contribution is 2.12. The van der Waals surface area contributed by atoms with E-state index in [0.717, 1.165) is 0 Å². The second-order valence-corrected chi connectivity index (χ2v) is 4.16. The fourth-order valence-electron chi connectivity index (χ4n) is 1.22. The molecule has 0 aromatic carbocycles. The zero-order valence-electron chi connectivity index (χ0n) is 9.26. The summed E-state index contributed by atoms with van der Waals surface area (Å²) in [6.07, 6.45) is 3.01. The van der Waals surface area contributed by atoms with Gasteiger partial charge in [0.15, 0.2) is 0 Å². The molecule has 0 aliphatic carbocycles. The van der Waals surface area contributed by atoms with E-state index in [1.165, 1.54) is 0 Å². The smallest absolute Gasteiger partial charge is 0.0895 e. The van der Waals surface area contributed by atoms with E-state index >= 15 is 0 Å². The molecule has 0 unspecified atom stereocenters. The lowest BCUT2D eigenvalue weighted by Crippen LogP contribution is -2.36. The molecule has 0 fully saturated rings. The molecule has 5 heteroatoms. The van der Waals surface area contributed by atoms with Gasteiger partial charge in [0, 0.05) is 18.9 Å². The molecule has 1 heterocycles. The minimum absolute atomic E-state index is 0.220. The predicted octanol–water partition coefficient (Wildman–Crippen LogP) is -0.00210. The quantitative estimate of drug-likeness (QED) is 0.697. The van der Waals surface area contributed by atoms with Crippen molar-refractivity contribution < 1.29 is 9.84 Å². The molecule has 86 valence electrons. The highest BCUT2D eigenvalue weighted by atomic mass is 16.5. The van der Waals surface area contributed by atoms with Crippen LogP contribution in [0.25, 0.3) is 0 Å². The number of nitrogens with zero attached hydrogens (tertiary/aromatic N) is 2. The summed E-state index contributed by atoms with van der Waals surface area (Å²) >= 11 is 0. The van der Waals surface area contributed by atoms with E-state index in [2.05, 4.69) is 5.10 Å². The van der Waals surface area contributed by atoms with Crippen LogP contribution in [0.4, 0.5) is 0 Å². The SMILES string of the molecule is CC(C)(Cn1cccn1)OC[C@H](O)CN. The molecule has 1 aromatic rings. The molecule has 0 saturated carbocycles. The summed E-state index contributed by atoms with van der Waals surface area (Å²) < 4.78 is 7.37. The van der Waals surface area contributed by atoms with Crippen molar-refractivity contribution >= 4 is 0 Å². The lowest BCUT2D eigenvalue weighted by Gasteiger charge is -2.26. The maximum absolute atomic E-state index is 9.27. The first-order valence-electron chi connectivity index (χ1n) is 5.03. The lowest BCUT2D eigenvalue weighted by atomic mass is 10.1. The average molecular weight is 213 g/mol. The van der Waals surface area contributed by atoms with Gasteiger partial charge in [0.05, 0.1) is 24.9 Å². The van der Waals surface area contributed by atoms with E-state index in [1.54, 1.807) is 10.9 Å². The van der Waals surface area contributed by atoms with Crippen molar-refractivity contribution in [3.05, 3.63) is 18.5 Å². The average Bonchev–Trinajstić information content (AvgIpc) is 2.66. The van der Waals surface area contributed by atoms with Crippen molar-refractivity contribution in [2.45, 2.75) is 32.1 Å². The van der Waals surface area contributed by atoms with Crippen molar-refractivity contribution in [3.63, 3.8) is 0 Å². The first-order valence-corrected chi connectivity index (χ1v) is 5.03. The molecule has 0 bridgehead atoms. The summed E-state index contributed by atoms with van der Waals surface area (Å²) in [5, 5.41) is 13.4. The van der Waals surface area contributed by atoms with Crippen LogP contribution in [0.5, 0.6) is 0 Å². The largest absolute Gasteiger partial charge is 0.389 e. The van der Waals surface area contributed by atoms with Crippen molar-refractivity contribution in [2.24, 2.45) is 5.73 Å². The van der Waals surface area contributed by atoms with Gasteiger partial charge in [-0.1, -0.05) is 0 Å². The minimum atomic E-state index is -0.595. The molecule has 0 radical (unpaired) electrons. The van der Waals surface area contributed by atoms with Crippen LogP contribution >= 0.6 is 0 Å². The number of ether oxygens (including phenoxy) is 1. The van der Waals surface area contributed by atoms with E-state index in [-0.39, 0.29) is 18.8 Å². The maximum Gasteiger partial charge on any atom is 0.0895 e. The molecule has 0 aliphatic rings. The van der Waals surface area contributed by atoms with Crippen LogP contribution in [0.15, 0.2) is 18.5 Å². The molecular formula is C10H19N3O2. The number of nitrogens with two attached hydrogens (primary N) is 1. The highest BCUT2D eigenvalue weighted by Gasteiger charge is 2.20. The molecule has 0 saturated heterocycles. The van der Waals surface area contributed by atoms with Gasteiger partial charge < -0.3 is 15.6 Å². The summed E-state index contributed by atoms with van der Waals surface area (Å²) in [5.41, 5.74) is 4.93. The molecular weight excluding hydrogens is 194 g/mol. The first kappa shape index (κ1) is 12.2. The van der Waals surface area contributed by atoms with Crippen LogP contribution < -0.4 is 5.73 Å². The number of hydrogen-bond acceptors (Lipinski definition) is 4. The molecule has 0 amide bonds. The number of rotatable bonds is 6. The van der Waals surface area contributed by atoms with E-state index in [4.69, 9.17) is 10.5 Å². The van der Waals surface area contributed by atoms with Gasteiger partial charge in [0.1, 0.15) is 0 Å². The maximum atomic E-state index is 9.27. The van der Waals surface area contributed by atoms with Gasteiger partial charge in [-0.15, -0.1) is 0 Å². The van der Waals surface area contributed by atoms with Gasteiger partial charge >= 0.3 is 0 Å². The molecule has 0 spiro atoms. The summed E-state index contributed by atoms with van der Waals surface area (Å²) in [7, 11) is 0. The van der Waals surface area contributed by atoms with Gasteiger partial charge in [-0.25, -0.2) is 0 Å². The third kappa shape index (κ3) is 4.42. The molecule has 5 nitrogen and oxygen atoms in total. The Labute approximate surface area is 89.8 Å². The zero-order chi connectivity index (χ0) is 11.3. The molecule has 3 N–H and O–H groups in total. The van der Waals surface area contributed by atoms with Crippen LogP contribution in [-0.2, 0) is 11.3 Å². The Hall–Kier alpha value is -0.910. The van der Waals surface area contributed by atoms with E-state index in [0.29, 0.717) is 6.54 Å². The van der Waals surface area contributed by atoms with Crippen molar-refractivity contribution in [1.29, 1.82) is 0 Å². The second-order valence-electron chi connectivity index (χ2n) is 4.16. The third-order valence-electron chi connectivity index (χ3n) is 2.04. The van der Waals surface area contributed by atoms with E-state index in [9.17, 15) is 5.11 Å². The summed E-state index contributed by atoms with van der Waals surface area (Å²) in [5.74, 6) is 0. The van der Waals surface area contributed by atoms with Crippen molar-refractivity contribution in [2.75, 3.05) is 13.2 Å². The van der Waals surface area contributed by atoms with Crippen LogP contribution in [0.1, 0.15) is 13.8 Å². The standard InChI is InChI=1S/C10H19N3O2/c1-10(2,15-7-9(14)6-11)8-13-5-3-4-12-13/h3-5,9,14H,6-8,11H2,1-2H3/t9-/m1/s1. The van der Waals surface area contributed by atoms with E-state index < -0.39 is 6.10 Å². The Morgan fingerprint density at radius 2 is 2.33 bits per heavy atom. The molecule has 1 rings (SSSR count). The number of aliphatic hydroxyl groups is 1. The van der Waals surface area contributed by atoms with Crippen LogP contribution in [0, 0.1) is 0 Å². The summed E-state index contributed by atoms with van der Waals surface area (Å²) in [4.78, 5) is 0. The Bertz CT molecular complexity index is 272. The fourth-order valence-corrected chi connectivity index (χ4v) is 1.22. The predicted molar refractivity (Wildman–Crippen MR) is 57.3 cm³/mol. The van der Waals surface area contributed by atoms with Gasteiger partial charge in [0.25, 0.3) is 0 Å². The molecule has 0 aliphatic heterocycles. The number of aliphatic hydroxyl groups excluding tert-OH is 1. The Morgan fingerprint density at radius 3 is 2.87 bits per heavy atom. The number of hydrogen-bond donors (Lipinski definition) is 2. The second kappa shape index (κ2) is 5.25. The monoisotopic (exact) mass is 213 g/mol. The van der Waals surface area contributed by atoms with Crippen molar-refractivity contribution in [3.8, 4) is 0 Å². The minimum Gasteiger partial charge on any atom is -0.389 e. The molecule has 15 heavy (non-hydrogen) atoms. The molecule has 1 aromatic heterocycles. The van der Waals surface area contributed by atoms with Gasteiger partial charge in [-0.3, -0.25) is 4.68 Å². The Kier molecular flexibility index (Phi) is 4.26. The van der Waals surface area contributed by atoms with E-state index in [1.807, 2.05) is 26.1 Å². The zero-order valence-corrected chi connectivity index (χ0v) is 9.26. The Balaban J connectivity index is 2.38. The summed E-state index contributed by atoms with van der Waals surface area (Å²) in [6.45, 7) is 5.04. The van der Waals surface area contributed by atoms with Crippen LogP contribution in [-0.4, -0.2) is 39.7 Å². The number of aromatic nitrogens is 2. The van der Waals surface area contributed by atoms with Gasteiger partial charge in [-0.2, -0.15) is 5.10 Å². The lowest BCUT2D eigenvalue weighted by molar-refractivity contribution is -0.0668. The van der Waals surface area contributed by atoms with Crippen LogP contribution in [0.3, 0.4) is 0 Å². The summed E-state index contributed by atoms with van der Waals surface area (Å²) in [6, 6.07) is 1.87. The normalized spacial score (nSPS) is 14.1. The third-order valence-corrected chi connectivity index (χ3v) is 2.04. The van der Waals surface area contributed by atoms with Gasteiger partial charge in [-0.05, 0) is 19.9 Å². The topological polar surface area (TPSA) is 73.3 Å². The van der Waals surface area contributed by atoms with Crippen LogP contribution in [0.2, 0.25) is 0 Å².